The molecule has 4 rings (SSSR count). The molecular formula is C32H35BrN4O8. The standard InChI is InChI=1S/C32H35BrN4O8/c1-5-43-25-14-21(29-28(31(39)42-4)19(2)35-32(40)36-29)11-12-24(25)44-18-27(38)37-34-16-22-13-23(33)15-26(41-3)30(22)45-17-20-9-7-6-8-10-20/h6-16,27,29,37-38H,5,17-18H2,1-4H3,(H2,35,36,40)/b34-16+/t27-,29-/m0/s1. The molecule has 13 heteroatoms. The molecule has 1 aliphatic heterocycles. The van der Waals surface area contributed by atoms with Gasteiger partial charge in [-0.1, -0.05) is 52.3 Å². The number of aliphatic hydroxyl groups is 1. The lowest BCUT2D eigenvalue weighted by atomic mass is 9.95. The second-order valence-corrected chi connectivity index (χ2v) is 10.6. The van der Waals surface area contributed by atoms with Crippen molar-refractivity contribution in [2.24, 2.45) is 5.10 Å². The predicted octanol–water partition coefficient (Wildman–Crippen LogP) is 4.56. The predicted molar refractivity (Wildman–Crippen MR) is 170 cm³/mol. The summed E-state index contributed by atoms with van der Waals surface area (Å²) in [6, 6.07) is 17.1. The fourth-order valence-corrected chi connectivity index (χ4v) is 4.99. The number of hydrogen-bond acceptors (Lipinski definition) is 10. The van der Waals surface area contributed by atoms with Crippen LogP contribution in [0.1, 0.15) is 36.6 Å². The number of hydrogen-bond donors (Lipinski definition) is 4. The number of rotatable bonds is 14. The smallest absolute Gasteiger partial charge is 0.337 e. The molecule has 0 fully saturated rings. The summed E-state index contributed by atoms with van der Waals surface area (Å²) in [6.45, 7) is 3.92. The van der Waals surface area contributed by atoms with E-state index >= 15 is 0 Å². The van der Waals surface area contributed by atoms with Gasteiger partial charge in [0.05, 0.1) is 38.7 Å². The van der Waals surface area contributed by atoms with Gasteiger partial charge in [0.25, 0.3) is 0 Å². The van der Waals surface area contributed by atoms with Gasteiger partial charge in [0, 0.05) is 15.7 Å². The molecule has 0 spiro atoms. The van der Waals surface area contributed by atoms with Crippen molar-refractivity contribution in [3.63, 3.8) is 0 Å². The average Bonchev–Trinajstić information content (AvgIpc) is 3.03. The van der Waals surface area contributed by atoms with Gasteiger partial charge in [0.15, 0.2) is 29.2 Å². The second-order valence-electron chi connectivity index (χ2n) is 9.72. The van der Waals surface area contributed by atoms with Crippen LogP contribution in [0.25, 0.3) is 0 Å². The maximum Gasteiger partial charge on any atom is 0.337 e. The highest BCUT2D eigenvalue weighted by molar-refractivity contribution is 9.10. The van der Waals surface area contributed by atoms with Gasteiger partial charge in [-0.25, -0.2) is 9.59 Å². The zero-order valence-corrected chi connectivity index (χ0v) is 26.8. The summed E-state index contributed by atoms with van der Waals surface area (Å²) >= 11 is 3.48. The number of amides is 2. The first-order valence-electron chi connectivity index (χ1n) is 14.0. The van der Waals surface area contributed by atoms with Crippen LogP contribution >= 0.6 is 15.9 Å². The van der Waals surface area contributed by atoms with Gasteiger partial charge in [-0.05, 0) is 49.2 Å². The SMILES string of the molecule is CCOc1cc([C@@H]2NC(=O)NC(C)=C2C(=O)OC)ccc1OC[C@H](O)N/N=C/c1cc(Br)cc(OC)c1OCc1ccccc1. The van der Waals surface area contributed by atoms with Crippen molar-refractivity contribution in [2.45, 2.75) is 32.7 Å². The van der Waals surface area contributed by atoms with Crippen LogP contribution < -0.4 is 35.0 Å². The summed E-state index contributed by atoms with van der Waals surface area (Å²) in [7, 11) is 2.83. The Morgan fingerprint density at radius 3 is 2.56 bits per heavy atom. The largest absolute Gasteiger partial charge is 0.493 e. The molecule has 12 nitrogen and oxygen atoms in total. The Bertz CT molecular complexity index is 1560. The first-order chi connectivity index (χ1) is 21.7. The van der Waals surface area contributed by atoms with Crippen molar-refractivity contribution in [3.05, 3.63) is 93.1 Å². The number of benzene rings is 3. The number of nitrogens with one attached hydrogen (secondary N) is 3. The van der Waals surface area contributed by atoms with E-state index in [4.69, 9.17) is 23.7 Å². The molecule has 3 aromatic carbocycles. The van der Waals surface area contributed by atoms with Crippen LogP contribution in [0.3, 0.4) is 0 Å². The minimum Gasteiger partial charge on any atom is -0.493 e. The molecule has 1 aliphatic rings. The minimum absolute atomic E-state index is 0.174. The van der Waals surface area contributed by atoms with Crippen molar-refractivity contribution in [1.29, 1.82) is 0 Å². The van der Waals surface area contributed by atoms with Crippen molar-refractivity contribution < 1.29 is 38.4 Å². The van der Waals surface area contributed by atoms with Crippen LogP contribution in [0.15, 0.2) is 81.5 Å². The molecule has 0 aliphatic carbocycles. The number of carbonyl (C=O) groups excluding carboxylic acids is 2. The van der Waals surface area contributed by atoms with Crippen LogP contribution in [-0.2, 0) is 16.1 Å². The number of methoxy groups -OCH3 is 2. The van der Waals surface area contributed by atoms with E-state index in [0.29, 0.717) is 53.0 Å². The molecule has 2 atom stereocenters. The number of carbonyl (C=O) groups is 2. The molecule has 238 valence electrons. The molecule has 0 unspecified atom stereocenters. The monoisotopic (exact) mass is 682 g/mol. The number of esters is 1. The molecule has 1 heterocycles. The lowest BCUT2D eigenvalue weighted by Crippen LogP contribution is -2.45. The maximum absolute atomic E-state index is 12.5. The fraction of sp³-hybridized carbons (Fsp3) is 0.281. The van der Waals surface area contributed by atoms with Crippen LogP contribution in [0.2, 0.25) is 0 Å². The molecule has 0 saturated carbocycles. The number of allylic oxidation sites excluding steroid dienone is 1. The Balaban J connectivity index is 1.44. The number of hydrazone groups is 1. The third-order valence-corrected chi connectivity index (χ3v) is 7.05. The number of nitrogens with zero attached hydrogens (tertiary/aromatic N) is 1. The first kappa shape index (κ1) is 33.1. The molecular weight excluding hydrogens is 648 g/mol. The highest BCUT2D eigenvalue weighted by Gasteiger charge is 2.32. The number of aliphatic hydroxyl groups excluding tert-OH is 1. The summed E-state index contributed by atoms with van der Waals surface area (Å²) in [4.78, 5) is 24.6. The van der Waals surface area contributed by atoms with Crippen molar-refractivity contribution >= 4 is 34.1 Å². The van der Waals surface area contributed by atoms with E-state index in [0.717, 1.165) is 10.0 Å². The lowest BCUT2D eigenvalue weighted by Gasteiger charge is -2.28. The van der Waals surface area contributed by atoms with Crippen LogP contribution in [0, 0.1) is 0 Å². The molecule has 0 radical (unpaired) electrons. The Hall–Kier alpha value is -4.75. The third kappa shape index (κ3) is 8.67. The Morgan fingerprint density at radius 1 is 1.07 bits per heavy atom. The zero-order valence-electron chi connectivity index (χ0n) is 25.3. The molecule has 4 N–H and O–H groups in total. The van der Waals surface area contributed by atoms with Gasteiger partial charge in [-0.3, -0.25) is 5.43 Å². The Kier molecular flexibility index (Phi) is 11.7. The minimum atomic E-state index is -1.18. The average molecular weight is 684 g/mol. The second kappa shape index (κ2) is 15.8. The van der Waals surface area contributed by atoms with Crippen molar-refractivity contribution in [3.8, 4) is 23.0 Å². The Morgan fingerprint density at radius 2 is 1.84 bits per heavy atom. The molecule has 0 bridgehead atoms. The van der Waals surface area contributed by atoms with Crippen LogP contribution in [-0.4, -0.2) is 57.0 Å². The third-order valence-electron chi connectivity index (χ3n) is 6.59. The topological polar surface area (TPSA) is 149 Å². The summed E-state index contributed by atoms with van der Waals surface area (Å²) < 4.78 is 28.9. The van der Waals surface area contributed by atoms with Crippen molar-refractivity contribution in [1.82, 2.24) is 16.1 Å². The van der Waals surface area contributed by atoms with Gasteiger partial charge >= 0.3 is 12.0 Å². The van der Waals surface area contributed by atoms with Crippen molar-refractivity contribution in [2.75, 3.05) is 27.4 Å². The zero-order chi connectivity index (χ0) is 32.3. The van der Waals surface area contributed by atoms with E-state index in [1.165, 1.54) is 13.3 Å². The summed E-state index contributed by atoms with van der Waals surface area (Å²) in [6.07, 6.45) is 0.331. The number of ether oxygens (including phenoxy) is 5. The quantitative estimate of drug-likeness (QED) is 0.0831. The van der Waals surface area contributed by atoms with Gasteiger partial charge < -0.3 is 39.4 Å². The van der Waals surface area contributed by atoms with E-state index in [9.17, 15) is 14.7 Å². The summed E-state index contributed by atoms with van der Waals surface area (Å²) in [5.74, 6) is 1.15. The summed E-state index contributed by atoms with van der Waals surface area (Å²) in [5.41, 5.74) is 5.49. The fourth-order valence-electron chi connectivity index (χ4n) is 4.54. The van der Waals surface area contributed by atoms with Gasteiger partial charge in [-0.15, -0.1) is 0 Å². The molecule has 0 aromatic heterocycles. The Labute approximate surface area is 269 Å². The molecule has 2 amide bonds. The summed E-state index contributed by atoms with van der Waals surface area (Å²) in [5, 5.41) is 20.1. The normalized spacial score (nSPS) is 15.2. The van der Waals surface area contributed by atoms with Crippen LogP contribution in [0.4, 0.5) is 4.79 Å². The van der Waals surface area contributed by atoms with E-state index < -0.39 is 24.3 Å². The van der Waals surface area contributed by atoms with Gasteiger partial charge in [0.2, 0.25) is 0 Å². The molecule has 3 aromatic rings. The molecule has 0 saturated heterocycles. The highest BCUT2D eigenvalue weighted by atomic mass is 79.9. The van der Waals surface area contributed by atoms with E-state index in [1.807, 2.05) is 43.3 Å². The lowest BCUT2D eigenvalue weighted by molar-refractivity contribution is -0.136. The van der Waals surface area contributed by atoms with E-state index in [1.54, 1.807) is 38.3 Å². The number of urea groups is 1. The van der Waals surface area contributed by atoms with E-state index in [-0.39, 0.29) is 12.2 Å². The van der Waals surface area contributed by atoms with Crippen LogP contribution in [0.5, 0.6) is 23.0 Å². The highest BCUT2D eigenvalue weighted by Crippen LogP contribution is 2.36. The first-order valence-corrected chi connectivity index (χ1v) is 14.8. The van der Waals surface area contributed by atoms with Gasteiger partial charge in [0.1, 0.15) is 13.2 Å². The maximum atomic E-state index is 12.5. The number of halogens is 1. The van der Waals surface area contributed by atoms with E-state index in [2.05, 4.69) is 37.1 Å². The van der Waals surface area contributed by atoms with Gasteiger partial charge in [-0.2, -0.15) is 5.10 Å². The molecule has 45 heavy (non-hydrogen) atoms.